The summed E-state index contributed by atoms with van der Waals surface area (Å²) in [6, 6.07) is 15.3. The summed E-state index contributed by atoms with van der Waals surface area (Å²) in [7, 11) is 0. The Morgan fingerprint density at radius 2 is 1.76 bits per heavy atom. The number of carbonyl (C=O) groups is 1. The number of fused-ring (bicyclic) bond motifs is 1. The highest BCUT2D eigenvalue weighted by Gasteiger charge is 2.18. The molecule has 0 unspecified atom stereocenters. The molecule has 1 aromatic heterocycles. The highest BCUT2D eigenvalue weighted by molar-refractivity contribution is 5.93. The standard InChI is InChI=1S/C20H21N3O2/c1-20(2,3)15-9-5-7-11-17(15)23-18(24)12-25-19-14-8-4-6-10-16(14)21-13-22-19/h4-11,13H,12H2,1-3H3,(H,23,24). The number of hydrogen-bond acceptors (Lipinski definition) is 4. The van der Waals surface area contributed by atoms with Crippen molar-refractivity contribution in [2.75, 3.05) is 11.9 Å². The molecular weight excluding hydrogens is 314 g/mol. The number of carbonyl (C=O) groups excluding carboxylic acids is 1. The van der Waals surface area contributed by atoms with Gasteiger partial charge in [0.15, 0.2) is 6.61 Å². The smallest absolute Gasteiger partial charge is 0.262 e. The first-order chi connectivity index (χ1) is 11.9. The van der Waals surface area contributed by atoms with Crippen LogP contribution in [0.15, 0.2) is 54.9 Å². The molecule has 0 spiro atoms. The van der Waals surface area contributed by atoms with Crippen LogP contribution in [-0.4, -0.2) is 22.5 Å². The number of benzene rings is 2. The Kier molecular flexibility index (Phi) is 4.65. The minimum atomic E-state index is -0.223. The quantitative estimate of drug-likeness (QED) is 0.784. The zero-order valence-electron chi connectivity index (χ0n) is 14.6. The molecule has 0 atom stereocenters. The SMILES string of the molecule is CC(C)(C)c1ccccc1NC(=O)COc1ncnc2ccccc12. The third-order valence-corrected chi connectivity index (χ3v) is 3.86. The van der Waals surface area contributed by atoms with Gasteiger partial charge in [0, 0.05) is 5.69 Å². The second kappa shape index (κ2) is 6.89. The van der Waals surface area contributed by atoms with Crippen LogP contribution in [0.25, 0.3) is 10.9 Å². The Morgan fingerprint density at radius 3 is 2.56 bits per heavy atom. The van der Waals surface area contributed by atoms with Gasteiger partial charge in [0.1, 0.15) is 6.33 Å². The molecule has 0 saturated carbocycles. The van der Waals surface area contributed by atoms with E-state index in [1.807, 2.05) is 48.5 Å². The van der Waals surface area contributed by atoms with E-state index in [2.05, 4.69) is 36.1 Å². The normalized spacial score (nSPS) is 11.3. The van der Waals surface area contributed by atoms with Crippen LogP contribution in [0.5, 0.6) is 5.88 Å². The lowest BCUT2D eigenvalue weighted by Crippen LogP contribution is -2.23. The predicted octanol–water partition coefficient (Wildman–Crippen LogP) is 3.94. The molecule has 1 N–H and O–H groups in total. The lowest BCUT2D eigenvalue weighted by atomic mass is 9.86. The maximum absolute atomic E-state index is 12.3. The van der Waals surface area contributed by atoms with Gasteiger partial charge in [-0.2, -0.15) is 0 Å². The lowest BCUT2D eigenvalue weighted by molar-refractivity contribution is -0.118. The fraction of sp³-hybridized carbons (Fsp3) is 0.250. The third-order valence-electron chi connectivity index (χ3n) is 3.86. The van der Waals surface area contributed by atoms with Crippen molar-refractivity contribution in [1.82, 2.24) is 9.97 Å². The maximum atomic E-state index is 12.3. The topological polar surface area (TPSA) is 64.1 Å². The summed E-state index contributed by atoms with van der Waals surface area (Å²) in [5.41, 5.74) is 2.60. The zero-order chi connectivity index (χ0) is 17.9. The van der Waals surface area contributed by atoms with Crippen molar-refractivity contribution >= 4 is 22.5 Å². The molecule has 2 aromatic carbocycles. The summed E-state index contributed by atoms with van der Waals surface area (Å²) in [5.74, 6) is 0.184. The number of para-hydroxylation sites is 2. The molecule has 5 nitrogen and oxygen atoms in total. The van der Waals surface area contributed by atoms with Crippen LogP contribution in [0.1, 0.15) is 26.3 Å². The van der Waals surface area contributed by atoms with E-state index in [-0.39, 0.29) is 17.9 Å². The predicted molar refractivity (Wildman–Crippen MR) is 98.8 cm³/mol. The Hall–Kier alpha value is -2.95. The number of anilines is 1. The molecule has 0 aliphatic heterocycles. The van der Waals surface area contributed by atoms with E-state index >= 15 is 0 Å². The van der Waals surface area contributed by atoms with Crippen LogP contribution < -0.4 is 10.1 Å². The van der Waals surface area contributed by atoms with Gasteiger partial charge in [0.05, 0.1) is 10.9 Å². The van der Waals surface area contributed by atoms with Gasteiger partial charge in [0.25, 0.3) is 5.91 Å². The van der Waals surface area contributed by atoms with E-state index in [0.29, 0.717) is 5.88 Å². The fourth-order valence-electron chi connectivity index (χ4n) is 2.66. The van der Waals surface area contributed by atoms with Crippen molar-refractivity contribution in [2.45, 2.75) is 26.2 Å². The second-order valence-electron chi connectivity index (χ2n) is 6.83. The Labute approximate surface area is 147 Å². The molecular formula is C20H21N3O2. The molecule has 0 aliphatic carbocycles. The molecule has 1 heterocycles. The first-order valence-corrected chi connectivity index (χ1v) is 8.17. The van der Waals surface area contributed by atoms with Crippen molar-refractivity contribution in [3.63, 3.8) is 0 Å². The Balaban J connectivity index is 1.72. The third kappa shape index (κ3) is 3.94. The summed E-state index contributed by atoms with van der Waals surface area (Å²) < 4.78 is 5.62. The molecule has 5 heteroatoms. The van der Waals surface area contributed by atoms with E-state index in [1.54, 1.807) is 0 Å². The molecule has 0 bridgehead atoms. The van der Waals surface area contributed by atoms with Crippen LogP contribution in [0.3, 0.4) is 0 Å². The molecule has 0 saturated heterocycles. The Morgan fingerprint density at radius 1 is 1.04 bits per heavy atom. The molecule has 128 valence electrons. The minimum absolute atomic E-state index is 0.0619. The van der Waals surface area contributed by atoms with E-state index in [1.165, 1.54) is 6.33 Å². The van der Waals surface area contributed by atoms with Crippen LogP contribution in [-0.2, 0) is 10.2 Å². The van der Waals surface area contributed by atoms with Gasteiger partial charge >= 0.3 is 0 Å². The van der Waals surface area contributed by atoms with E-state index in [9.17, 15) is 4.79 Å². The summed E-state index contributed by atoms with van der Waals surface area (Å²) >= 11 is 0. The highest BCUT2D eigenvalue weighted by Crippen LogP contribution is 2.29. The number of aromatic nitrogens is 2. The van der Waals surface area contributed by atoms with Crippen LogP contribution in [0, 0.1) is 0 Å². The molecule has 0 radical (unpaired) electrons. The van der Waals surface area contributed by atoms with Crippen LogP contribution >= 0.6 is 0 Å². The largest absolute Gasteiger partial charge is 0.467 e. The number of nitrogens with zero attached hydrogens (tertiary/aromatic N) is 2. The molecule has 3 rings (SSSR count). The Bertz CT molecular complexity index is 895. The molecule has 0 aliphatic rings. The summed E-state index contributed by atoms with van der Waals surface area (Å²) in [5, 5.41) is 3.71. The van der Waals surface area contributed by atoms with Gasteiger partial charge in [-0.25, -0.2) is 9.97 Å². The van der Waals surface area contributed by atoms with Crippen molar-refractivity contribution in [2.24, 2.45) is 0 Å². The van der Waals surface area contributed by atoms with E-state index in [0.717, 1.165) is 22.2 Å². The highest BCUT2D eigenvalue weighted by atomic mass is 16.5. The average Bonchev–Trinajstić information content (AvgIpc) is 2.59. The first-order valence-electron chi connectivity index (χ1n) is 8.17. The van der Waals surface area contributed by atoms with Crippen molar-refractivity contribution in [3.8, 4) is 5.88 Å². The van der Waals surface area contributed by atoms with Crippen LogP contribution in [0.2, 0.25) is 0 Å². The van der Waals surface area contributed by atoms with E-state index in [4.69, 9.17) is 4.74 Å². The van der Waals surface area contributed by atoms with Gasteiger partial charge < -0.3 is 10.1 Å². The lowest BCUT2D eigenvalue weighted by Gasteiger charge is -2.23. The zero-order valence-corrected chi connectivity index (χ0v) is 14.6. The van der Waals surface area contributed by atoms with Crippen molar-refractivity contribution in [3.05, 3.63) is 60.4 Å². The number of hydrogen-bond donors (Lipinski definition) is 1. The second-order valence-corrected chi connectivity index (χ2v) is 6.83. The fourth-order valence-corrected chi connectivity index (χ4v) is 2.66. The van der Waals surface area contributed by atoms with E-state index < -0.39 is 0 Å². The van der Waals surface area contributed by atoms with Gasteiger partial charge in [-0.1, -0.05) is 51.1 Å². The van der Waals surface area contributed by atoms with Crippen LogP contribution in [0.4, 0.5) is 5.69 Å². The first kappa shape index (κ1) is 16.9. The molecule has 1 amide bonds. The van der Waals surface area contributed by atoms with Gasteiger partial charge in [0.2, 0.25) is 5.88 Å². The summed E-state index contributed by atoms with van der Waals surface area (Å²) in [6.45, 7) is 6.23. The maximum Gasteiger partial charge on any atom is 0.262 e. The molecule has 25 heavy (non-hydrogen) atoms. The molecule has 0 fully saturated rings. The number of rotatable bonds is 4. The average molecular weight is 335 g/mol. The van der Waals surface area contributed by atoms with Crippen molar-refractivity contribution in [1.29, 1.82) is 0 Å². The van der Waals surface area contributed by atoms with Gasteiger partial charge in [-0.15, -0.1) is 0 Å². The number of amides is 1. The number of nitrogens with one attached hydrogen (secondary N) is 1. The monoisotopic (exact) mass is 335 g/mol. The van der Waals surface area contributed by atoms with Crippen molar-refractivity contribution < 1.29 is 9.53 Å². The van der Waals surface area contributed by atoms with Gasteiger partial charge in [-0.3, -0.25) is 4.79 Å². The van der Waals surface area contributed by atoms with Gasteiger partial charge in [-0.05, 0) is 29.2 Å². The summed E-state index contributed by atoms with van der Waals surface area (Å²) in [6.07, 6.45) is 1.43. The summed E-state index contributed by atoms with van der Waals surface area (Å²) in [4.78, 5) is 20.6. The minimum Gasteiger partial charge on any atom is -0.467 e. The molecule has 3 aromatic rings. The number of ether oxygens (including phenoxy) is 1.